The molecule has 1 aliphatic rings. The van der Waals surface area contributed by atoms with Gasteiger partial charge in [0, 0.05) is 24.8 Å². The average Bonchev–Trinajstić information content (AvgIpc) is 2.46. The number of ether oxygens (including phenoxy) is 1. The number of aliphatic hydroxyl groups excluding tert-OH is 1. The lowest BCUT2D eigenvalue weighted by Crippen LogP contribution is -2.44. The number of amides is 1. The van der Waals surface area contributed by atoms with Gasteiger partial charge in [-0.3, -0.25) is 10.2 Å². The van der Waals surface area contributed by atoms with E-state index in [0.717, 1.165) is 12.2 Å². The highest BCUT2D eigenvalue weighted by Gasteiger charge is 2.24. The molecule has 1 aliphatic heterocycles. The van der Waals surface area contributed by atoms with Gasteiger partial charge in [0.1, 0.15) is 5.60 Å². The van der Waals surface area contributed by atoms with Crippen molar-refractivity contribution in [1.82, 2.24) is 10.2 Å². The number of aliphatic hydroxyl groups is 1. The fraction of sp³-hybridized carbons (Fsp3) is 0.500. The Balaban J connectivity index is 1.98. The van der Waals surface area contributed by atoms with Crippen molar-refractivity contribution in [2.45, 2.75) is 45.4 Å². The van der Waals surface area contributed by atoms with E-state index in [1.807, 2.05) is 45.0 Å². The number of hydrogen-bond acceptors (Lipinski definition) is 4. The number of nitrogens with one attached hydrogen (secondary N) is 1. The van der Waals surface area contributed by atoms with Crippen molar-refractivity contribution in [3.05, 3.63) is 47.7 Å². The van der Waals surface area contributed by atoms with Crippen LogP contribution in [-0.2, 0) is 11.3 Å². The van der Waals surface area contributed by atoms with Crippen molar-refractivity contribution >= 4 is 6.09 Å². The molecule has 23 heavy (non-hydrogen) atoms. The van der Waals surface area contributed by atoms with Crippen LogP contribution in [0.3, 0.4) is 0 Å². The largest absolute Gasteiger partial charge is 0.444 e. The van der Waals surface area contributed by atoms with E-state index in [-0.39, 0.29) is 12.6 Å². The number of nitrogens with zero attached hydrogens (tertiary/aromatic N) is 1. The molecule has 0 spiro atoms. The zero-order chi connectivity index (χ0) is 16.9. The summed E-state index contributed by atoms with van der Waals surface area (Å²) in [6.07, 6.45) is 2.23. The third-order valence-electron chi connectivity index (χ3n) is 3.63. The van der Waals surface area contributed by atoms with E-state index in [1.165, 1.54) is 5.56 Å². The smallest absolute Gasteiger partial charge is 0.411 e. The molecule has 5 heteroatoms. The number of carbonyl (C=O) groups excluding carboxylic acids is 1. The first-order valence-corrected chi connectivity index (χ1v) is 7.95. The minimum absolute atomic E-state index is 0.0689. The molecular weight excluding hydrogens is 292 g/mol. The van der Waals surface area contributed by atoms with Crippen LogP contribution in [0.4, 0.5) is 4.79 Å². The highest BCUT2D eigenvalue weighted by molar-refractivity contribution is 5.70. The van der Waals surface area contributed by atoms with E-state index >= 15 is 0 Å². The minimum atomic E-state index is -0.517. The molecule has 0 saturated carbocycles. The van der Waals surface area contributed by atoms with Crippen molar-refractivity contribution in [3.8, 4) is 0 Å². The van der Waals surface area contributed by atoms with Gasteiger partial charge in [-0.1, -0.05) is 36.4 Å². The molecule has 0 bridgehead atoms. The number of carbonyl (C=O) groups is 1. The number of benzene rings is 1. The van der Waals surface area contributed by atoms with Crippen LogP contribution in [0, 0.1) is 0 Å². The van der Waals surface area contributed by atoms with Crippen LogP contribution in [0.2, 0.25) is 0 Å². The maximum absolute atomic E-state index is 11.9. The Bertz CT molecular complexity index is 549. The van der Waals surface area contributed by atoms with Crippen LogP contribution in [0.15, 0.2) is 42.1 Å². The predicted octanol–water partition coefficient (Wildman–Crippen LogP) is 2.66. The molecule has 1 heterocycles. The van der Waals surface area contributed by atoms with E-state index in [2.05, 4.69) is 22.3 Å². The van der Waals surface area contributed by atoms with Gasteiger partial charge in [-0.2, -0.15) is 0 Å². The van der Waals surface area contributed by atoms with E-state index in [0.29, 0.717) is 13.0 Å². The monoisotopic (exact) mass is 318 g/mol. The Morgan fingerprint density at radius 2 is 2.04 bits per heavy atom. The predicted molar refractivity (Wildman–Crippen MR) is 89.8 cm³/mol. The Morgan fingerprint density at radius 3 is 2.65 bits per heavy atom. The summed E-state index contributed by atoms with van der Waals surface area (Å²) in [5.74, 6) is 0. The van der Waals surface area contributed by atoms with Gasteiger partial charge in [0.2, 0.25) is 0 Å². The topological polar surface area (TPSA) is 61.8 Å². The first kappa shape index (κ1) is 17.5. The molecule has 1 atom stereocenters. The molecule has 0 aliphatic carbocycles. The van der Waals surface area contributed by atoms with Gasteiger partial charge < -0.3 is 9.84 Å². The standard InChI is InChI=1S/C18H26N2O3/c1-18(2,3)23-17(22)19-15-9-10-16(13-21)20(12-15)11-14-7-5-4-6-8-14/h4-9,16,21H,10-13H2,1-3H3,(H,19,22). The molecule has 2 N–H and O–H groups in total. The van der Waals surface area contributed by atoms with Gasteiger partial charge in [0.25, 0.3) is 0 Å². The summed E-state index contributed by atoms with van der Waals surface area (Å²) in [6, 6.07) is 10.2. The van der Waals surface area contributed by atoms with Crippen molar-refractivity contribution in [2.24, 2.45) is 0 Å². The van der Waals surface area contributed by atoms with Crippen LogP contribution in [-0.4, -0.2) is 40.9 Å². The normalized spacial score (nSPS) is 19.1. The first-order valence-electron chi connectivity index (χ1n) is 7.95. The molecule has 0 radical (unpaired) electrons. The van der Waals surface area contributed by atoms with E-state index in [1.54, 1.807) is 0 Å². The second-order valence-corrected chi connectivity index (χ2v) is 6.82. The highest BCUT2D eigenvalue weighted by atomic mass is 16.6. The second kappa shape index (κ2) is 7.62. The summed E-state index contributed by atoms with van der Waals surface area (Å²) in [5, 5.41) is 12.4. The van der Waals surface area contributed by atoms with Gasteiger partial charge in [-0.25, -0.2) is 4.79 Å². The molecule has 0 fully saturated rings. The van der Waals surface area contributed by atoms with Crippen molar-refractivity contribution in [1.29, 1.82) is 0 Å². The van der Waals surface area contributed by atoms with Gasteiger partial charge in [-0.05, 0) is 32.8 Å². The van der Waals surface area contributed by atoms with Crippen molar-refractivity contribution in [2.75, 3.05) is 13.2 Å². The number of hydrogen-bond donors (Lipinski definition) is 2. The minimum Gasteiger partial charge on any atom is -0.444 e. The zero-order valence-electron chi connectivity index (χ0n) is 14.1. The molecule has 2 rings (SSSR count). The molecule has 1 aromatic rings. The molecular formula is C18H26N2O3. The van der Waals surface area contributed by atoms with Gasteiger partial charge >= 0.3 is 6.09 Å². The fourth-order valence-corrected chi connectivity index (χ4v) is 2.56. The maximum atomic E-state index is 11.9. The highest BCUT2D eigenvalue weighted by Crippen LogP contribution is 2.18. The van der Waals surface area contributed by atoms with Gasteiger partial charge in [-0.15, -0.1) is 0 Å². The average molecular weight is 318 g/mol. The van der Waals surface area contributed by atoms with E-state index < -0.39 is 11.7 Å². The van der Waals surface area contributed by atoms with Crippen LogP contribution in [0.1, 0.15) is 32.8 Å². The van der Waals surface area contributed by atoms with E-state index in [4.69, 9.17) is 4.74 Å². The van der Waals surface area contributed by atoms with Crippen molar-refractivity contribution < 1.29 is 14.6 Å². The maximum Gasteiger partial charge on any atom is 0.411 e. The molecule has 1 aromatic carbocycles. The van der Waals surface area contributed by atoms with Crippen LogP contribution in [0.25, 0.3) is 0 Å². The Hall–Kier alpha value is -1.85. The Kier molecular flexibility index (Phi) is 5.80. The molecule has 5 nitrogen and oxygen atoms in total. The summed E-state index contributed by atoms with van der Waals surface area (Å²) in [5.41, 5.74) is 1.49. The molecule has 1 amide bonds. The SMILES string of the molecule is CC(C)(C)OC(=O)NC1=CCC(CO)N(Cc2ccccc2)C1. The summed E-state index contributed by atoms with van der Waals surface area (Å²) < 4.78 is 5.29. The third kappa shape index (κ3) is 5.69. The quantitative estimate of drug-likeness (QED) is 0.896. The van der Waals surface area contributed by atoms with Crippen molar-refractivity contribution in [3.63, 3.8) is 0 Å². The Morgan fingerprint density at radius 1 is 1.35 bits per heavy atom. The summed E-state index contributed by atoms with van der Waals surface area (Å²) in [7, 11) is 0. The second-order valence-electron chi connectivity index (χ2n) is 6.82. The lowest BCUT2D eigenvalue weighted by atomic mass is 10.1. The number of rotatable bonds is 4. The lowest BCUT2D eigenvalue weighted by Gasteiger charge is -2.34. The third-order valence-corrected chi connectivity index (χ3v) is 3.63. The van der Waals surface area contributed by atoms with Crippen LogP contribution >= 0.6 is 0 Å². The summed E-state index contributed by atoms with van der Waals surface area (Å²) >= 11 is 0. The Labute approximate surface area is 137 Å². The summed E-state index contributed by atoms with van der Waals surface area (Å²) in [4.78, 5) is 14.1. The summed E-state index contributed by atoms with van der Waals surface area (Å²) in [6.45, 7) is 6.93. The lowest BCUT2D eigenvalue weighted by molar-refractivity contribution is 0.0530. The van der Waals surface area contributed by atoms with Gasteiger partial charge in [0.15, 0.2) is 0 Å². The molecule has 1 unspecified atom stereocenters. The van der Waals surface area contributed by atoms with Crippen LogP contribution in [0.5, 0.6) is 0 Å². The fourth-order valence-electron chi connectivity index (χ4n) is 2.56. The first-order chi connectivity index (χ1) is 10.9. The number of alkyl carbamates (subject to hydrolysis) is 1. The molecule has 0 saturated heterocycles. The molecule has 0 aromatic heterocycles. The van der Waals surface area contributed by atoms with E-state index in [9.17, 15) is 9.90 Å². The molecule has 126 valence electrons. The van der Waals surface area contributed by atoms with Gasteiger partial charge in [0.05, 0.1) is 6.61 Å². The van der Waals surface area contributed by atoms with Crippen LogP contribution < -0.4 is 5.32 Å². The zero-order valence-corrected chi connectivity index (χ0v) is 14.1.